The summed E-state index contributed by atoms with van der Waals surface area (Å²) < 4.78 is 1.53. The van der Waals surface area contributed by atoms with Crippen LogP contribution in [0.2, 0.25) is 0 Å². The molecule has 1 aromatic carbocycles. The highest BCUT2D eigenvalue weighted by Crippen LogP contribution is 2.28. The van der Waals surface area contributed by atoms with Gasteiger partial charge in [0.1, 0.15) is 0 Å². The minimum atomic E-state index is -0.178. The van der Waals surface area contributed by atoms with Crippen molar-refractivity contribution in [3.05, 3.63) is 29.8 Å². The summed E-state index contributed by atoms with van der Waals surface area (Å²) in [5, 5.41) is 8.47. The Morgan fingerprint density at radius 2 is 1.89 bits per heavy atom. The fourth-order valence-electron chi connectivity index (χ4n) is 1.74. The van der Waals surface area contributed by atoms with E-state index in [1.54, 1.807) is 7.05 Å². The molecule has 1 heterocycles. The van der Waals surface area contributed by atoms with E-state index in [0.29, 0.717) is 0 Å². The maximum absolute atomic E-state index is 11.6. The minimum Gasteiger partial charge on any atom is -0.308 e. The van der Waals surface area contributed by atoms with Crippen LogP contribution in [0, 0.1) is 5.41 Å². The molecular weight excluding hydrogens is 250 g/mol. The second kappa shape index (κ2) is 5.32. The number of hydrogen-bond donors (Lipinski definition) is 1. The quantitative estimate of drug-likeness (QED) is 0.510. The standard InChI is InChI=1S/C12H13N3O2S/c1-14(15-11(16)6-7-12(15)17)18-10-5-3-2-4-9(10)8-13/h2-5,8,13H,6-7H2,1H3. The Bertz CT molecular complexity index is 488. The highest BCUT2D eigenvalue weighted by Gasteiger charge is 2.32. The SMILES string of the molecule is CN(Sc1ccccc1C=N)N1C(=O)CCC1=O. The molecule has 1 saturated heterocycles. The largest absolute Gasteiger partial charge is 0.308 e. The van der Waals surface area contributed by atoms with Gasteiger partial charge >= 0.3 is 0 Å². The van der Waals surface area contributed by atoms with Gasteiger partial charge in [-0.15, -0.1) is 0 Å². The molecule has 1 N–H and O–H groups in total. The highest BCUT2D eigenvalue weighted by molar-refractivity contribution is 7.97. The van der Waals surface area contributed by atoms with Gasteiger partial charge < -0.3 is 5.41 Å². The Morgan fingerprint density at radius 3 is 2.50 bits per heavy atom. The Hall–Kier alpha value is -1.66. The number of carbonyl (C=O) groups is 2. The van der Waals surface area contributed by atoms with E-state index in [2.05, 4.69) is 0 Å². The van der Waals surface area contributed by atoms with Crippen LogP contribution in [0.4, 0.5) is 0 Å². The Balaban J connectivity index is 2.16. The molecule has 0 aliphatic carbocycles. The maximum atomic E-state index is 11.6. The van der Waals surface area contributed by atoms with Crippen LogP contribution in [0.3, 0.4) is 0 Å². The van der Waals surface area contributed by atoms with Gasteiger partial charge in [0, 0.05) is 36.6 Å². The van der Waals surface area contributed by atoms with Gasteiger partial charge in [0.25, 0.3) is 0 Å². The summed E-state index contributed by atoms with van der Waals surface area (Å²) in [6, 6.07) is 7.37. The highest BCUT2D eigenvalue weighted by atomic mass is 32.2. The summed E-state index contributed by atoms with van der Waals surface area (Å²) in [7, 11) is 1.67. The molecule has 18 heavy (non-hydrogen) atoms. The summed E-state index contributed by atoms with van der Waals surface area (Å²) in [5.41, 5.74) is 0.758. The first kappa shape index (κ1) is 12.8. The van der Waals surface area contributed by atoms with E-state index in [1.165, 1.54) is 22.6 Å². The lowest BCUT2D eigenvalue weighted by Gasteiger charge is -2.24. The monoisotopic (exact) mass is 263 g/mol. The predicted octanol–water partition coefficient (Wildman–Crippen LogP) is 1.69. The number of amides is 2. The third-order valence-electron chi connectivity index (χ3n) is 2.61. The number of carbonyl (C=O) groups excluding carboxylic acids is 2. The number of nitrogens with zero attached hydrogens (tertiary/aromatic N) is 2. The Labute approximate surface area is 109 Å². The molecular formula is C12H13N3O2S. The van der Waals surface area contributed by atoms with Crippen LogP contribution in [-0.2, 0) is 9.59 Å². The van der Waals surface area contributed by atoms with E-state index in [-0.39, 0.29) is 24.7 Å². The second-order valence-corrected chi connectivity index (χ2v) is 4.99. The average Bonchev–Trinajstić information content (AvgIpc) is 2.69. The molecule has 1 fully saturated rings. The van der Waals surface area contributed by atoms with Gasteiger partial charge in [-0.3, -0.25) is 9.59 Å². The fourth-order valence-corrected chi connectivity index (χ4v) is 2.67. The van der Waals surface area contributed by atoms with Crippen molar-refractivity contribution in [2.24, 2.45) is 0 Å². The van der Waals surface area contributed by atoms with Gasteiger partial charge in [-0.05, 0) is 18.0 Å². The van der Waals surface area contributed by atoms with Crippen LogP contribution < -0.4 is 0 Å². The number of benzene rings is 1. The summed E-state index contributed by atoms with van der Waals surface area (Å²) in [5.74, 6) is -0.357. The number of hydrazine groups is 1. The van der Waals surface area contributed by atoms with Crippen molar-refractivity contribution >= 4 is 30.0 Å². The average molecular weight is 263 g/mol. The van der Waals surface area contributed by atoms with Gasteiger partial charge in [-0.25, -0.2) is 0 Å². The van der Waals surface area contributed by atoms with Crippen molar-refractivity contribution in [1.29, 1.82) is 5.41 Å². The maximum Gasteiger partial charge on any atom is 0.245 e. The van der Waals surface area contributed by atoms with Crippen molar-refractivity contribution in [2.75, 3.05) is 7.05 Å². The van der Waals surface area contributed by atoms with Gasteiger partial charge in [0.2, 0.25) is 11.8 Å². The first-order valence-electron chi connectivity index (χ1n) is 5.50. The minimum absolute atomic E-state index is 0.178. The lowest BCUT2D eigenvalue weighted by Crippen LogP contribution is -2.39. The zero-order valence-electron chi connectivity index (χ0n) is 9.92. The molecule has 0 atom stereocenters. The fraction of sp³-hybridized carbons (Fsp3) is 0.250. The van der Waals surface area contributed by atoms with E-state index in [0.717, 1.165) is 15.5 Å². The van der Waals surface area contributed by atoms with Gasteiger partial charge in [0.15, 0.2) is 0 Å². The van der Waals surface area contributed by atoms with E-state index in [1.807, 2.05) is 24.3 Å². The van der Waals surface area contributed by atoms with Crippen LogP contribution in [0.15, 0.2) is 29.2 Å². The van der Waals surface area contributed by atoms with Crippen LogP contribution in [-0.4, -0.2) is 34.5 Å². The van der Waals surface area contributed by atoms with Crippen LogP contribution in [0.5, 0.6) is 0 Å². The van der Waals surface area contributed by atoms with E-state index in [9.17, 15) is 9.59 Å². The van der Waals surface area contributed by atoms with Crippen LogP contribution in [0.1, 0.15) is 18.4 Å². The number of hydrogen-bond acceptors (Lipinski definition) is 5. The summed E-state index contributed by atoms with van der Waals surface area (Å²) in [6.45, 7) is 0. The topological polar surface area (TPSA) is 64.5 Å². The Morgan fingerprint density at radius 1 is 1.28 bits per heavy atom. The number of imide groups is 1. The molecule has 0 unspecified atom stereocenters. The predicted molar refractivity (Wildman–Crippen MR) is 69.0 cm³/mol. The van der Waals surface area contributed by atoms with Crippen molar-refractivity contribution in [2.45, 2.75) is 17.7 Å². The zero-order valence-corrected chi connectivity index (χ0v) is 10.7. The van der Waals surface area contributed by atoms with Crippen molar-refractivity contribution < 1.29 is 9.59 Å². The molecule has 0 spiro atoms. The van der Waals surface area contributed by atoms with Gasteiger partial charge in [-0.2, -0.15) is 9.42 Å². The van der Waals surface area contributed by atoms with Crippen molar-refractivity contribution in [1.82, 2.24) is 9.42 Å². The van der Waals surface area contributed by atoms with E-state index >= 15 is 0 Å². The molecule has 2 amide bonds. The molecule has 1 aliphatic heterocycles. The second-order valence-electron chi connectivity index (χ2n) is 3.84. The molecule has 0 saturated carbocycles. The number of rotatable bonds is 4. The molecule has 94 valence electrons. The van der Waals surface area contributed by atoms with Crippen molar-refractivity contribution in [3.63, 3.8) is 0 Å². The number of nitrogens with one attached hydrogen (secondary N) is 1. The molecule has 1 aromatic rings. The third-order valence-corrected chi connectivity index (χ3v) is 3.61. The third kappa shape index (κ3) is 2.44. The molecule has 1 aliphatic rings. The van der Waals surface area contributed by atoms with E-state index in [4.69, 9.17) is 5.41 Å². The summed E-state index contributed by atoms with van der Waals surface area (Å²) >= 11 is 1.27. The van der Waals surface area contributed by atoms with Crippen molar-refractivity contribution in [3.8, 4) is 0 Å². The summed E-state index contributed by atoms with van der Waals surface area (Å²) in [6.07, 6.45) is 1.80. The smallest absolute Gasteiger partial charge is 0.245 e. The van der Waals surface area contributed by atoms with Gasteiger partial charge in [-0.1, -0.05) is 18.2 Å². The molecule has 0 radical (unpaired) electrons. The molecule has 0 bridgehead atoms. The van der Waals surface area contributed by atoms with Crippen LogP contribution >= 0.6 is 11.9 Å². The lowest BCUT2D eigenvalue weighted by atomic mass is 10.2. The molecule has 5 nitrogen and oxygen atoms in total. The first-order valence-corrected chi connectivity index (χ1v) is 6.27. The van der Waals surface area contributed by atoms with E-state index < -0.39 is 0 Å². The zero-order chi connectivity index (χ0) is 13.1. The molecule has 0 aromatic heterocycles. The normalized spacial score (nSPS) is 15.6. The molecule has 2 rings (SSSR count). The van der Waals surface area contributed by atoms with Crippen LogP contribution in [0.25, 0.3) is 0 Å². The lowest BCUT2D eigenvalue weighted by molar-refractivity contribution is -0.147. The Kier molecular flexibility index (Phi) is 3.78. The first-order chi connectivity index (χ1) is 8.63. The molecule has 6 heteroatoms. The summed E-state index contributed by atoms with van der Waals surface area (Å²) in [4.78, 5) is 24.0. The van der Waals surface area contributed by atoms with Gasteiger partial charge in [0.05, 0.1) is 0 Å².